The highest BCUT2D eigenvalue weighted by Gasteiger charge is 2.35. The maximum atomic E-state index is 11.1. The summed E-state index contributed by atoms with van der Waals surface area (Å²) in [7, 11) is 0. The normalized spacial score (nSPS) is 23.3. The zero-order valence-corrected chi connectivity index (χ0v) is 9.91. The first-order valence-corrected chi connectivity index (χ1v) is 5.71. The van der Waals surface area contributed by atoms with Crippen molar-refractivity contribution in [2.75, 3.05) is 5.32 Å². The molecule has 1 aromatic rings. The molecule has 0 saturated heterocycles. The minimum absolute atomic E-state index is 0.0746. The topological polar surface area (TPSA) is 49.3 Å². The summed E-state index contributed by atoms with van der Waals surface area (Å²) in [5, 5.41) is 12.1. The van der Waals surface area contributed by atoms with Gasteiger partial charge in [0.1, 0.15) is 6.04 Å². The molecule has 1 aliphatic heterocycles. The second-order valence-corrected chi connectivity index (χ2v) is 4.62. The number of halogens is 1. The van der Waals surface area contributed by atoms with Crippen molar-refractivity contribution in [3.05, 3.63) is 28.2 Å². The number of benzene rings is 1. The number of rotatable bonds is 2. The molecule has 80 valence electrons. The Kier molecular flexibility index (Phi) is 2.69. The third-order valence-corrected chi connectivity index (χ3v) is 3.33. The average molecular weight is 270 g/mol. The van der Waals surface area contributed by atoms with Crippen molar-refractivity contribution in [3.63, 3.8) is 0 Å². The van der Waals surface area contributed by atoms with E-state index in [1.165, 1.54) is 0 Å². The second-order valence-electron chi connectivity index (χ2n) is 3.71. The summed E-state index contributed by atoms with van der Waals surface area (Å²) in [4.78, 5) is 11.1. The molecule has 2 atom stereocenters. The van der Waals surface area contributed by atoms with Crippen molar-refractivity contribution in [1.29, 1.82) is 0 Å². The highest BCUT2D eigenvalue weighted by molar-refractivity contribution is 9.10. The van der Waals surface area contributed by atoms with Gasteiger partial charge in [-0.05, 0) is 24.1 Å². The molecule has 4 heteroatoms. The molecule has 0 bridgehead atoms. The zero-order valence-electron chi connectivity index (χ0n) is 8.33. The van der Waals surface area contributed by atoms with Gasteiger partial charge >= 0.3 is 5.97 Å². The van der Waals surface area contributed by atoms with E-state index in [4.69, 9.17) is 5.11 Å². The molecule has 0 aromatic heterocycles. The van der Waals surface area contributed by atoms with Crippen molar-refractivity contribution in [2.45, 2.75) is 25.3 Å². The number of carboxylic acid groups (broad SMARTS) is 1. The first kappa shape index (κ1) is 10.5. The van der Waals surface area contributed by atoms with Gasteiger partial charge in [0.15, 0.2) is 0 Å². The largest absolute Gasteiger partial charge is 0.480 e. The molecule has 0 saturated carbocycles. The Bertz CT molecular complexity index is 406. The van der Waals surface area contributed by atoms with Crippen LogP contribution in [0.15, 0.2) is 22.7 Å². The number of hydrogen-bond acceptors (Lipinski definition) is 2. The lowest BCUT2D eigenvalue weighted by atomic mass is 9.93. The fourth-order valence-corrected chi connectivity index (χ4v) is 2.48. The number of carbonyl (C=O) groups is 1. The summed E-state index contributed by atoms with van der Waals surface area (Å²) in [5.41, 5.74) is 2.04. The summed E-state index contributed by atoms with van der Waals surface area (Å²) in [5.74, 6) is -0.709. The fraction of sp³-hybridized carbons (Fsp3) is 0.364. The van der Waals surface area contributed by atoms with Gasteiger partial charge in [-0.25, -0.2) is 4.79 Å². The molecule has 2 rings (SSSR count). The average Bonchev–Trinajstić information content (AvgIpc) is 2.55. The van der Waals surface area contributed by atoms with Crippen LogP contribution in [0.3, 0.4) is 0 Å². The smallest absolute Gasteiger partial charge is 0.326 e. The van der Waals surface area contributed by atoms with Crippen LogP contribution in [0.1, 0.15) is 24.8 Å². The maximum Gasteiger partial charge on any atom is 0.326 e. The van der Waals surface area contributed by atoms with E-state index in [2.05, 4.69) is 21.2 Å². The van der Waals surface area contributed by atoms with Gasteiger partial charge in [-0.3, -0.25) is 0 Å². The van der Waals surface area contributed by atoms with E-state index < -0.39 is 12.0 Å². The lowest BCUT2D eigenvalue weighted by Gasteiger charge is -2.13. The van der Waals surface area contributed by atoms with Crippen LogP contribution >= 0.6 is 15.9 Å². The first-order valence-electron chi connectivity index (χ1n) is 4.92. The Hall–Kier alpha value is -1.03. The number of carboxylic acids is 1. The van der Waals surface area contributed by atoms with E-state index in [0.717, 1.165) is 22.1 Å². The summed E-state index contributed by atoms with van der Waals surface area (Å²) in [6, 6.07) is 5.39. The Morgan fingerprint density at radius 3 is 2.93 bits per heavy atom. The Balaban J connectivity index is 2.41. The molecule has 1 aliphatic rings. The van der Waals surface area contributed by atoms with Crippen molar-refractivity contribution in [3.8, 4) is 0 Å². The molecule has 2 N–H and O–H groups in total. The third kappa shape index (κ3) is 1.74. The van der Waals surface area contributed by atoms with Crippen LogP contribution in [0.2, 0.25) is 0 Å². The van der Waals surface area contributed by atoms with Crippen molar-refractivity contribution in [1.82, 2.24) is 0 Å². The number of anilines is 1. The Morgan fingerprint density at radius 1 is 1.60 bits per heavy atom. The maximum absolute atomic E-state index is 11.1. The minimum atomic E-state index is -0.783. The summed E-state index contributed by atoms with van der Waals surface area (Å²) in [6.07, 6.45) is 0.832. The van der Waals surface area contributed by atoms with Crippen molar-refractivity contribution >= 4 is 27.6 Å². The quantitative estimate of drug-likeness (QED) is 0.868. The lowest BCUT2D eigenvalue weighted by molar-refractivity contribution is -0.138. The minimum Gasteiger partial charge on any atom is -0.480 e. The molecular formula is C11H12BrNO2. The fourth-order valence-electron chi connectivity index (χ4n) is 2.11. The molecular weight excluding hydrogens is 258 g/mol. The zero-order chi connectivity index (χ0) is 11.0. The standard InChI is InChI=1S/C11H12BrNO2/c1-2-7-8-4-3-6(12)5-9(8)13-10(7)11(14)15/h3-5,7,10,13H,2H2,1H3,(H,14,15). The summed E-state index contributed by atoms with van der Waals surface area (Å²) < 4.78 is 0.967. The molecule has 0 fully saturated rings. The number of aliphatic carboxylic acids is 1. The van der Waals surface area contributed by atoms with Crippen LogP contribution in [-0.4, -0.2) is 17.1 Å². The van der Waals surface area contributed by atoms with E-state index in [0.29, 0.717) is 0 Å². The summed E-state index contributed by atoms with van der Waals surface area (Å²) in [6.45, 7) is 2.01. The van der Waals surface area contributed by atoms with Gasteiger partial charge in [-0.1, -0.05) is 28.9 Å². The molecule has 0 aliphatic carbocycles. The van der Waals surface area contributed by atoms with Crippen LogP contribution in [0.25, 0.3) is 0 Å². The van der Waals surface area contributed by atoms with Crippen molar-refractivity contribution < 1.29 is 9.90 Å². The van der Waals surface area contributed by atoms with E-state index in [1.807, 2.05) is 25.1 Å². The van der Waals surface area contributed by atoms with Gasteiger partial charge in [-0.2, -0.15) is 0 Å². The van der Waals surface area contributed by atoms with Gasteiger partial charge in [0.2, 0.25) is 0 Å². The lowest BCUT2D eigenvalue weighted by Crippen LogP contribution is -2.29. The molecule has 0 amide bonds. The van der Waals surface area contributed by atoms with Crippen molar-refractivity contribution in [2.24, 2.45) is 0 Å². The first-order chi connectivity index (χ1) is 7.13. The highest BCUT2D eigenvalue weighted by Crippen LogP contribution is 2.39. The van der Waals surface area contributed by atoms with Gasteiger partial charge in [0.05, 0.1) is 0 Å². The van der Waals surface area contributed by atoms with Crippen LogP contribution in [-0.2, 0) is 4.79 Å². The monoisotopic (exact) mass is 269 g/mol. The van der Waals surface area contributed by atoms with Gasteiger partial charge in [0.25, 0.3) is 0 Å². The number of hydrogen-bond donors (Lipinski definition) is 2. The van der Waals surface area contributed by atoms with Crippen LogP contribution < -0.4 is 5.32 Å². The predicted molar refractivity (Wildman–Crippen MR) is 62.2 cm³/mol. The molecule has 0 radical (unpaired) electrons. The molecule has 1 aromatic carbocycles. The summed E-state index contributed by atoms with van der Waals surface area (Å²) >= 11 is 3.38. The predicted octanol–water partition coefficient (Wildman–Crippen LogP) is 2.82. The molecule has 2 unspecified atom stereocenters. The van der Waals surface area contributed by atoms with E-state index in [9.17, 15) is 4.79 Å². The van der Waals surface area contributed by atoms with E-state index in [1.54, 1.807) is 0 Å². The highest BCUT2D eigenvalue weighted by atomic mass is 79.9. The van der Waals surface area contributed by atoms with Crippen LogP contribution in [0.4, 0.5) is 5.69 Å². The second kappa shape index (κ2) is 3.85. The van der Waals surface area contributed by atoms with Crippen LogP contribution in [0.5, 0.6) is 0 Å². The van der Waals surface area contributed by atoms with E-state index in [-0.39, 0.29) is 5.92 Å². The Labute approximate surface area is 96.6 Å². The van der Waals surface area contributed by atoms with Gasteiger partial charge < -0.3 is 10.4 Å². The molecule has 0 spiro atoms. The SMILES string of the molecule is CCC1c2ccc(Br)cc2NC1C(=O)O. The number of nitrogens with one attached hydrogen (secondary N) is 1. The third-order valence-electron chi connectivity index (χ3n) is 2.83. The Morgan fingerprint density at radius 2 is 2.33 bits per heavy atom. The van der Waals surface area contributed by atoms with Crippen LogP contribution in [0, 0.1) is 0 Å². The van der Waals surface area contributed by atoms with Gasteiger partial charge in [0, 0.05) is 16.1 Å². The number of fused-ring (bicyclic) bond motifs is 1. The van der Waals surface area contributed by atoms with Gasteiger partial charge in [-0.15, -0.1) is 0 Å². The molecule has 3 nitrogen and oxygen atoms in total. The molecule has 15 heavy (non-hydrogen) atoms. The molecule has 1 heterocycles. The van der Waals surface area contributed by atoms with E-state index >= 15 is 0 Å².